The molecular weight excluding hydrogens is 322 g/mol. The highest BCUT2D eigenvalue weighted by Gasteiger charge is 2.24. The molecule has 5 nitrogen and oxygen atoms in total. The lowest BCUT2D eigenvalue weighted by Gasteiger charge is -2.17. The molecule has 4 aromatic rings. The summed E-state index contributed by atoms with van der Waals surface area (Å²) in [5, 5.41) is 9.05. The van der Waals surface area contributed by atoms with Crippen LogP contribution in [-0.2, 0) is 6.54 Å². The minimum Gasteiger partial charge on any atom is -0.343 e. The average Bonchev–Trinajstić information content (AvgIpc) is 3.42. The maximum absolute atomic E-state index is 3.89. The third-order valence-corrected chi connectivity index (χ3v) is 5.31. The Balaban J connectivity index is 1.36. The van der Waals surface area contributed by atoms with Crippen LogP contribution in [0.5, 0.6) is 0 Å². The summed E-state index contributed by atoms with van der Waals surface area (Å²) in [6, 6.07) is 20.0. The average molecular weight is 343 g/mol. The molecule has 130 valence electrons. The number of rotatable bonds is 4. The number of likely N-dealkylation sites (tertiary alicyclic amines) is 1. The van der Waals surface area contributed by atoms with E-state index >= 15 is 0 Å². The Labute approximate surface area is 152 Å². The smallest absolute Gasteiger partial charge is 0.123 e. The number of nitrogens with zero attached hydrogens (tertiary/aromatic N) is 5. The lowest BCUT2D eigenvalue weighted by atomic mass is 10.2. The van der Waals surface area contributed by atoms with Crippen LogP contribution in [0.25, 0.3) is 16.6 Å². The zero-order valence-electron chi connectivity index (χ0n) is 14.6. The van der Waals surface area contributed by atoms with Crippen LogP contribution in [0.4, 0.5) is 0 Å². The Hall–Kier alpha value is -2.92. The molecule has 1 aliphatic heterocycles. The molecule has 0 aliphatic carbocycles. The molecule has 0 saturated carbocycles. The summed E-state index contributed by atoms with van der Waals surface area (Å²) in [6.45, 7) is 3.29. The fourth-order valence-corrected chi connectivity index (χ4v) is 3.99. The van der Waals surface area contributed by atoms with E-state index in [1.165, 1.54) is 22.9 Å². The van der Waals surface area contributed by atoms with Crippen LogP contribution >= 0.6 is 0 Å². The second-order valence-corrected chi connectivity index (χ2v) is 7.00. The van der Waals surface area contributed by atoms with Gasteiger partial charge in [-0.1, -0.05) is 30.3 Å². The summed E-state index contributed by atoms with van der Waals surface area (Å²) in [7, 11) is 0. The molecule has 1 fully saturated rings. The molecule has 2 aromatic carbocycles. The standard InChI is InChI=1S/C21H21N5/c1-2-4-17(5-3-1)13-24-10-9-20(14-24)26-11-8-18-12-19(6-7-21(18)26)25-15-22-23-16-25/h1-8,11-12,15-16,20H,9-10,13-14H2. The summed E-state index contributed by atoms with van der Waals surface area (Å²) < 4.78 is 4.38. The lowest BCUT2D eigenvalue weighted by molar-refractivity contribution is 0.317. The highest BCUT2D eigenvalue weighted by Crippen LogP contribution is 2.29. The largest absolute Gasteiger partial charge is 0.343 e. The summed E-state index contributed by atoms with van der Waals surface area (Å²) in [4.78, 5) is 2.55. The molecule has 0 radical (unpaired) electrons. The first-order valence-corrected chi connectivity index (χ1v) is 9.09. The third kappa shape index (κ3) is 2.80. The Morgan fingerprint density at radius 1 is 0.962 bits per heavy atom. The van der Waals surface area contributed by atoms with Crippen LogP contribution in [0.2, 0.25) is 0 Å². The third-order valence-electron chi connectivity index (χ3n) is 5.31. The van der Waals surface area contributed by atoms with Crippen molar-refractivity contribution in [3.05, 3.63) is 79.0 Å². The van der Waals surface area contributed by atoms with E-state index < -0.39 is 0 Å². The van der Waals surface area contributed by atoms with Crippen molar-refractivity contribution in [3.8, 4) is 5.69 Å². The van der Waals surface area contributed by atoms with Gasteiger partial charge in [0.25, 0.3) is 0 Å². The van der Waals surface area contributed by atoms with E-state index in [0.717, 1.165) is 25.3 Å². The number of hydrogen-bond donors (Lipinski definition) is 0. The van der Waals surface area contributed by atoms with Crippen LogP contribution in [0.15, 0.2) is 73.4 Å². The fraction of sp³-hybridized carbons (Fsp3) is 0.238. The van der Waals surface area contributed by atoms with E-state index in [0.29, 0.717) is 6.04 Å². The lowest BCUT2D eigenvalue weighted by Crippen LogP contribution is -2.21. The highest BCUT2D eigenvalue weighted by molar-refractivity contribution is 5.82. The Kier molecular flexibility index (Phi) is 3.79. The van der Waals surface area contributed by atoms with Gasteiger partial charge in [-0.3, -0.25) is 9.47 Å². The first-order chi connectivity index (χ1) is 12.9. The monoisotopic (exact) mass is 343 g/mol. The molecule has 1 unspecified atom stereocenters. The van der Waals surface area contributed by atoms with Crippen molar-refractivity contribution in [2.75, 3.05) is 13.1 Å². The Morgan fingerprint density at radius 2 is 1.81 bits per heavy atom. The SMILES string of the molecule is c1ccc(CN2CCC(n3ccc4cc(-n5cnnc5)ccc43)C2)cc1. The van der Waals surface area contributed by atoms with Crippen LogP contribution < -0.4 is 0 Å². The van der Waals surface area contributed by atoms with Crippen LogP contribution in [0.3, 0.4) is 0 Å². The normalized spacial score (nSPS) is 17.9. The van der Waals surface area contributed by atoms with Gasteiger partial charge in [-0.2, -0.15) is 0 Å². The van der Waals surface area contributed by atoms with Crippen molar-refractivity contribution in [1.82, 2.24) is 24.2 Å². The van der Waals surface area contributed by atoms with Gasteiger partial charge < -0.3 is 4.57 Å². The molecule has 1 atom stereocenters. The summed E-state index contributed by atoms with van der Waals surface area (Å²) in [6.07, 6.45) is 6.90. The van der Waals surface area contributed by atoms with Gasteiger partial charge in [0.2, 0.25) is 0 Å². The van der Waals surface area contributed by atoms with Crippen molar-refractivity contribution >= 4 is 10.9 Å². The number of hydrogen-bond acceptors (Lipinski definition) is 3. The number of benzene rings is 2. The molecule has 0 N–H and O–H groups in total. The zero-order chi connectivity index (χ0) is 17.3. The van der Waals surface area contributed by atoms with Gasteiger partial charge in [0.15, 0.2) is 0 Å². The van der Waals surface area contributed by atoms with E-state index in [1.807, 2.05) is 4.57 Å². The molecule has 1 aliphatic rings. The molecule has 3 heterocycles. The second-order valence-electron chi connectivity index (χ2n) is 7.00. The van der Waals surface area contributed by atoms with Gasteiger partial charge in [0.1, 0.15) is 12.7 Å². The van der Waals surface area contributed by atoms with Gasteiger partial charge in [0.05, 0.1) is 0 Å². The van der Waals surface area contributed by atoms with Crippen molar-refractivity contribution in [2.24, 2.45) is 0 Å². The van der Waals surface area contributed by atoms with Gasteiger partial charge in [0, 0.05) is 48.5 Å². The van der Waals surface area contributed by atoms with Gasteiger partial charge in [-0.25, -0.2) is 0 Å². The number of aromatic nitrogens is 4. The van der Waals surface area contributed by atoms with E-state index in [-0.39, 0.29) is 0 Å². The van der Waals surface area contributed by atoms with Crippen LogP contribution in [-0.4, -0.2) is 37.3 Å². The molecule has 1 saturated heterocycles. The van der Waals surface area contributed by atoms with E-state index in [2.05, 4.69) is 80.5 Å². The van der Waals surface area contributed by atoms with E-state index in [9.17, 15) is 0 Å². The quantitative estimate of drug-likeness (QED) is 0.567. The molecule has 5 heteroatoms. The van der Waals surface area contributed by atoms with Crippen LogP contribution in [0.1, 0.15) is 18.0 Å². The highest BCUT2D eigenvalue weighted by atomic mass is 15.2. The molecule has 5 rings (SSSR count). The Bertz CT molecular complexity index is 1000. The predicted molar refractivity (Wildman–Crippen MR) is 102 cm³/mol. The Morgan fingerprint density at radius 3 is 2.65 bits per heavy atom. The zero-order valence-corrected chi connectivity index (χ0v) is 14.6. The van der Waals surface area contributed by atoms with E-state index in [1.54, 1.807) is 12.7 Å². The van der Waals surface area contributed by atoms with Crippen LogP contribution in [0, 0.1) is 0 Å². The van der Waals surface area contributed by atoms with Crippen molar-refractivity contribution in [3.63, 3.8) is 0 Å². The maximum atomic E-state index is 3.89. The van der Waals surface area contributed by atoms with Gasteiger partial charge in [-0.15, -0.1) is 10.2 Å². The predicted octanol–water partition coefficient (Wildman–Crippen LogP) is 3.67. The summed E-state index contributed by atoms with van der Waals surface area (Å²) in [5.74, 6) is 0. The maximum Gasteiger partial charge on any atom is 0.123 e. The number of fused-ring (bicyclic) bond motifs is 1. The topological polar surface area (TPSA) is 38.9 Å². The van der Waals surface area contributed by atoms with Crippen molar-refractivity contribution in [2.45, 2.75) is 19.0 Å². The summed E-state index contributed by atoms with van der Waals surface area (Å²) >= 11 is 0. The fourth-order valence-electron chi connectivity index (χ4n) is 3.99. The minimum atomic E-state index is 0.539. The first kappa shape index (κ1) is 15.3. The molecule has 0 spiro atoms. The molecule has 0 amide bonds. The molecule has 0 bridgehead atoms. The van der Waals surface area contributed by atoms with Crippen molar-refractivity contribution in [1.29, 1.82) is 0 Å². The van der Waals surface area contributed by atoms with Gasteiger partial charge >= 0.3 is 0 Å². The van der Waals surface area contributed by atoms with E-state index in [4.69, 9.17) is 0 Å². The second kappa shape index (κ2) is 6.42. The molecule has 26 heavy (non-hydrogen) atoms. The van der Waals surface area contributed by atoms with Gasteiger partial charge in [-0.05, 0) is 36.2 Å². The van der Waals surface area contributed by atoms with Crippen molar-refractivity contribution < 1.29 is 0 Å². The summed E-state index contributed by atoms with van der Waals surface area (Å²) in [5.41, 5.74) is 3.79. The molecular formula is C21H21N5. The first-order valence-electron chi connectivity index (χ1n) is 9.09. The molecule has 2 aromatic heterocycles. The minimum absolute atomic E-state index is 0.539.